The van der Waals surface area contributed by atoms with Gasteiger partial charge >= 0.3 is 6.18 Å². The molecule has 8 heteroatoms. The third kappa shape index (κ3) is 3.57. The van der Waals surface area contributed by atoms with Crippen LogP contribution < -0.4 is 10.5 Å². The molecule has 1 atom stereocenters. The standard InChI is InChI=1S/C19H21F3N4O/c20-19(21,22)15-7-3-9-23-18(15)25-10-4-6-14(25)12-26-17(27)11-13-5-1-2-8-16(13)24-26/h3,7,9,11,14H,1-2,4-6,8,10,12H2. The second-order valence-corrected chi connectivity index (χ2v) is 7.21. The van der Waals surface area contributed by atoms with Crippen molar-refractivity contribution in [1.29, 1.82) is 0 Å². The first-order valence-electron chi connectivity index (χ1n) is 9.32. The van der Waals surface area contributed by atoms with E-state index in [-0.39, 0.29) is 24.0 Å². The van der Waals surface area contributed by atoms with Crippen molar-refractivity contribution in [2.75, 3.05) is 11.4 Å². The molecular weight excluding hydrogens is 357 g/mol. The predicted molar refractivity (Wildman–Crippen MR) is 94.7 cm³/mol. The van der Waals surface area contributed by atoms with Gasteiger partial charge in [-0.25, -0.2) is 9.67 Å². The zero-order valence-corrected chi connectivity index (χ0v) is 14.9. The Morgan fingerprint density at radius 1 is 1.19 bits per heavy atom. The summed E-state index contributed by atoms with van der Waals surface area (Å²) in [5, 5.41) is 4.51. The first-order valence-corrected chi connectivity index (χ1v) is 9.32. The molecule has 0 bridgehead atoms. The molecular formula is C19H21F3N4O. The maximum absolute atomic E-state index is 13.4. The number of fused-ring (bicyclic) bond motifs is 1. The summed E-state index contributed by atoms with van der Waals surface area (Å²) in [5.74, 6) is -0.0569. The predicted octanol–water partition coefficient (Wildman–Crippen LogP) is 3.20. The van der Waals surface area contributed by atoms with E-state index in [1.54, 1.807) is 11.0 Å². The van der Waals surface area contributed by atoms with Gasteiger partial charge in [-0.1, -0.05) is 0 Å². The molecule has 0 saturated carbocycles. The Hall–Kier alpha value is -2.38. The van der Waals surface area contributed by atoms with Gasteiger partial charge in [-0.2, -0.15) is 18.3 Å². The Kier molecular flexibility index (Phi) is 4.65. The lowest BCUT2D eigenvalue weighted by molar-refractivity contribution is -0.137. The Balaban J connectivity index is 1.63. The zero-order valence-electron chi connectivity index (χ0n) is 14.9. The first kappa shape index (κ1) is 18.0. The van der Waals surface area contributed by atoms with Crippen molar-refractivity contribution in [1.82, 2.24) is 14.8 Å². The van der Waals surface area contributed by atoms with Gasteiger partial charge in [-0.05, 0) is 56.2 Å². The van der Waals surface area contributed by atoms with Crippen molar-refractivity contribution < 1.29 is 13.2 Å². The largest absolute Gasteiger partial charge is 0.419 e. The molecule has 1 fully saturated rings. The molecule has 1 saturated heterocycles. The molecule has 0 N–H and O–H groups in total. The maximum atomic E-state index is 13.4. The molecule has 2 aromatic heterocycles. The van der Waals surface area contributed by atoms with E-state index in [1.807, 2.05) is 0 Å². The highest BCUT2D eigenvalue weighted by Crippen LogP contribution is 2.37. The van der Waals surface area contributed by atoms with Crippen LogP contribution in [0.2, 0.25) is 0 Å². The molecule has 1 unspecified atom stereocenters. The van der Waals surface area contributed by atoms with Crippen LogP contribution in [-0.2, 0) is 25.6 Å². The van der Waals surface area contributed by atoms with Crippen LogP contribution in [0, 0.1) is 0 Å². The van der Waals surface area contributed by atoms with Crippen molar-refractivity contribution in [2.24, 2.45) is 0 Å². The van der Waals surface area contributed by atoms with Gasteiger partial charge in [-0.3, -0.25) is 4.79 Å². The third-order valence-corrected chi connectivity index (χ3v) is 5.40. The molecule has 0 amide bonds. The monoisotopic (exact) mass is 378 g/mol. The van der Waals surface area contributed by atoms with E-state index in [2.05, 4.69) is 10.1 Å². The fraction of sp³-hybridized carbons (Fsp3) is 0.526. The lowest BCUT2D eigenvalue weighted by Crippen LogP contribution is -2.39. The second-order valence-electron chi connectivity index (χ2n) is 7.21. The van der Waals surface area contributed by atoms with E-state index in [1.165, 1.54) is 16.9 Å². The van der Waals surface area contributed by atoms with Crippen LogP contribution in [-0.4, -0.2) is 27.4 Å². The SMILES string of the molecule is O=c1cc2c(nn1CC1CCCN1c1ncccc1C(F)(F)F)CCCC2. The quantitative estimate of drug-likeness (QED) is 0.823. The van der Waals surface area contributed by atoms with E-state index in [0.29, 0.717) is 13.0 Å². The van der Waals surface area contributed by atoms with Gasteiger partial charge in [0.2, 0.25) is 0 Å². The van der Waals surface area contributed by atoms with Gasteiger partial charge in [0.25, 0.3) is 5.56 Å². The van der Waals surface area contributed by atoms with Crippen molar-refractivity contribution >= 4 is 5.82 Å². The van der Waals surface area contributed by atoms with Crippen molar-refractivity contribution in [3.8, 4) is 0 Å². The third-order valence-electron chi connectivity index (χ3n) is 5.40. The fourth-order valence-electron chi connectivity index (χ4n) is 4.08. The number of hydrogen-bond acceptors (Lipinski definition) is 4. The summed E-state index contributed by atoms with van der Waals surface area (Å²) in [6.45, 7) is 0.768. The highest BCUT2D eigenvalue weighted by Gasteiger charge is 2.38. The normalized spacial score (nSPS) is 20.0. The Morgan fingerprint density at radius 3 is 2.81 bits per heavy atom. The van der Waals surface area contributed by atoms with Crippen molar-refractivity contribution in [3.05, 3.63) is 51.6 Å². The summed E-state index contributed by atoms with van der Waals surface area (Å²) in [6.07, 6.45) is 2.22. The van der Waals surface area contributed by atoms with Crippen LogP contribution >= 0.6 is 0 Å². The van der Waals surface area contributed by atoms with Crippen molar-refractivity contribution in [2.45, 2.75) is 57.3 Å². The average molecular weight is 378 g/mol. The summed E-state index contributed by atoms with van der Waals surface area (Å²) < 4.78 is 41.5. The number of aromatic nitrogens is 3. The second kappa shape index (κ2) is 6.98. The Labute approximate surface area is 154 Å². The Bertz CT molecular complexity index is 893. The van der Waals surface area contributed by atoms with Crippen LogP contribution in [0.15, 0.2) is 29.2 Å². The molecule has 2 aromatic rings. The van der Waals surface area contributed by atoms with Crippen LogP contribution in [0.5, 0.6) is 0 Å². The van der Waals surface area contributed by atoms with Gasteiger partial charge in [0.1, 0.15) is 5.82 Å². The summed E-state index contributed by atoms with van der Waals surface area (Å²) in [5.41, 5.74) is 1.04. The van der Waals surface area contributed by atoms with Crippen LogP contribution in [0.4, 0.5) is 19.0 Å². The molecule has 1 aliphatic carbocycles. The van der Waals surface area contributed by atoms with E-state index in [0.717, 1.165) is 49.4 Å². The minimum atomic E-state index is -4.46. The van der Waals surface area contributed by atoms with Gasteiger partial charge in [0.05, 0.1) is 23.8 Å². The molecule has 144 valence electrons. The smallest absolute Gasteiger partial charge is 0.351 e. The van der Waals surface area contributed by atoms with E-state index < -0.39 is 11.7 Å². The summed E-state index contributed by atoms with van der Waals surface area (Å²) >= 11 is 0. The number of rotatable bonds is 3. The highest BCUT2D eigenvalue weighted by molar-refractivity contribution is 5.50. The summed E-state index contributed by atoms with van der Waals surface area (Å²) in [6, 6.07) is 3.77. The van der Waals surface area contributed by atoms with Gasteiger partial charge in [0.15, 0.2) is 0 Å². The number of alkyl halides is 3. The number of anilines is 1. The Morgan fingerprint density at radius 2 is 2.00 bits per heavy atom. The molecule has 1 aliphatic heterocycles. The average Bonchev–Trinajstić information content (AvgIpc) is 3.10. The van der Waals surface area contributed by atoms with Crippen LogP contribution in [0.1, 0.15) is 42.5 Å². The van der Waals surface area contributed by atoms with E-state index >= 15 is 0 Å². The lowest BCUT2D eigenvalue weighted by Gasteiger charge is -2.28. The molecule has 0 spiro atoms. The van der Waals surface area contributed by atoms with Crippen molar-refractivity contribution in [3.63, 3.8) is 0 Å². The maximum Gasteiger partial charge on any atom is 0.419 e. The van der Waals surface area contributed by atoms with Crippen LogP contribution in [0.25, 0.3) is 0 Å². The zero-order chi connectivity index (χ0) is 19.0. The number of pyridine rings is 1. The van der Waals surface area contributed by atoms with Crippen LogP contribution in [0.3, 0.4) is 0 Å². The molecule has 0 radical (unpaired) electrons. The van der Waals surface area contributed by atoms with Gasteiger partial charge in [0, 0.05) is 18.8 Å². The summed E-state index contributed by atoms with van der Waals surface area (Å²) in [7, 11) is 0. The van der Waals surface area contributed by atoms with E-state index in [4.69, 9.17) is 0 Å². The van der Waals surface area contributed by atoms with Gasteiger partial charge in [-0.15, -0.1) is 0 Å². The molecule has 5 nitrogen and oxygen atoms in total. The number of halogens is 3. The minimum Gasteiger partial charge on any atom is -0.351 e. The number of aryl methyl sites for hydroxylation is 2. The molecule has 4 rings (SSSR count). The number of nitrogens with zero attached hydrogens (tertiary/aromatic N) is 4. The highest BCUT2D eigenvalue weighted by atomic mass is 19.4. The molecule has 3 heterocycles. The molecule has 27 heavy (non-hydrogen) atoms. The topological polar surface area (TPSA) is 51.0 Å². The van der Waals surface area contributed by atoms with Gasteiger partial charge < -0.3 is 4.90 Å². The minimum absolute atomic E-state index is 0.0569. The number of hydrogen-bond donors (Lipinski definition) is 0. The molecule has 0 aromatic carbocycles. The first-order chi connectivity index (χ1) is 12.9. The van der Waals surface area contributed by atoms with E-state index in [9.17, 15) is 18.0 Å². The fourth-order valence-corrected chi connectivity index (χ4v) is 4.08. The molecule has 2 aliphatic rings. The lowest BCUT2D eigenvalue weighted by atomic mass is 9.97. The summed E-state index contributed by atoms with van der Waals surface area (Å²) in [4.78, 5) is 18.1.